The van der Waals surface area contributed by atoms with Crippen molar-refractivity contribution >= 4 is 33.2 Å². The van der Waals surface area contributed by atoms with Gasteiger partial charge in [0.2, 0.25) is 0 Å². The van der Waals surface area contributed by atoms with Gasteiger partial charge in [0.1, 0.15) is 18.9 Å². The second-order valence-electron chi connectivity index (χ2n) is 9.55. The number of thiophene rings is 1. The molecule has 7 nitrogen and oxygen atoms in total. The van der Waals surface area contributed by atoms with Crippen LogP contribution in [0.25, 0.3) is 21.3 Å². The summed E-state index contributed by atoms with van der Waals surface area (Å²) >= 11 is 7.75. The Morgan fingerprint density at radius 1 is 1.10 bits per heavy atom. The molecule has 0 spiro atoms. The maximum absolute atomic E-state index is 12.9. The van der Waals surface area contributed by atoms with Crippen molar-refractivity contribution in [3.8, 4) is 16.9 Å². The minimum atomic E-state index is -4.59. The SMILES string of the molecule is Cc1cc(Cl)cc(-c2ccnc3cc(Cn4c(=O)ccn(CC(F)(F)F)c4=O)sc23)c1OCCN1CCCC1. The van der Waals surface area contributed by atoms with Crippen LogP contribution < -0.4 is 16.0 Å². The van der Waals surface area contributed by atoms with Crippen LogP contribution in [-0.4, -0.2) is 51.4 Å². The Bertz CT molecular complexity index is 1620. The van der Waals surface area contributed by atoms with Crippen LogP contribution in [0.5, 0.6) is 5.75 Å². The number of aromatic nitrogens is 3. The number of fused-ring (bicyclic) bond motifs is 1. The summed E-state index contributed by atoms with van der Waals surface area (Å²) < 4.78 is 47.0. The largest absolute Gasteiger partial charge is 0.491 e. The average molecular weight is 579 g/mol. The molecule has 0 N–H and O–H groups in total. The van der Waals surface area contributed by atoms with Gasteiger partial charge in [-0.15, -0.1) is 11.3 Å². The fourth-order valence-electron chi connectivity index (χ4n) is 4.85. The Morgan fingerprint density at radius 3 is 2.62 bits per heavy atom. The lowest BCUT2D eigenvalue weighted by molar-refractivity contribution is -0.141. The van der Waals surface area contributed by atoms with E-state index in [2.05, 4.69) is 9.88 Å². The van der Waals surface area contributed by atoms with Gasteiger partial charge in [-0.3, -0.25) is 23.8 Å². The Balaban J connectivity index is 1.49. The molecule has 206 valence electrons. The van der Waals surface area contributed by atoms with Crippen molar-refractivity contribution < 1.29 is 17.9 Å². The van der Waals surface area contributed by atoms with E-state index in [-0.39, 0.29) is 6.54 Å². The van der Waals surface area contributed by atoms with E-state index in [0.29, 0.717) is 26.6 Å². The lowest BCUT2D eigenvalue weighted by Crippen LogP contribution is -2.41. The van der Waals surface area contributed by atoms with Gasteiger partial charge in [-0.2, -0.15) is 13.2 Å². The predicted octanol–water partition coefficient (Wildman–Crippen LogP) is 5.33. The average Bonchev–Trinajstić information content (AvgIpc) is 3.53. The molecule has 0 saturated carbocycles. The van der Waals surface area contributed by atoms with Gasteiger partial charge in [0.05, 0.1) is 16.8 Å². The van der Waals surface area contributed by atoms with E-state index < -0.39 is 24.0 Å². The van der Waals surface area contributed by atoms with Gasteiger partial charge in [-0.25, -0.2) is 4.79 Å². The third-order valence-corrected chi connectivity index (χ3v) is 8.01. The maximum Gasteiger partial charge on any atom is 0.406 e. The van der Waals surface area contributed by atoms with Crippen LogP contribution in [0.4, 0.5) is 13.2 Å². The Kier molecular flexibility index (Phi) is 7.84. The number of halogens is 4. The molecule has 0 unspecified atom stereocenters. The second kappa shape index (κ2) is 11.1. The standard InChI is InChI=1S/C27H26ClF3N4O3S/c1-17-12-18(28)13-21(24(17)38-11-10-33-7-2-3-8-33)20-4-6-32-22-14-19(39-25(20)22)15-35-23(36)5-9-34(26(35)37)16-27(29,30)31/h4-6,9,12-14H,2-3,7-8,10-11,15-16H2,1H3. The summed E-state index contributed by atoms with van der Waals surface area (Å²) in [6.45, 7) is 3.79. The molecule has 4 aromatic rings. The molecule has 1 saturated heterocycles. The zero-order valence-corrected chi connectivity index (χ0v) is 22.7. The number of hydrogen-bond acceptors (Lipinski definition) is 6. The first-order valence-corrected chi connectivity index (χ1v) is 13.7. The fraction of sp³-hybridized carbons (Fsp3) is 0.370. The normalized spacial score (nSPS) is 14.4. The van der Waals surface area contributed by atoms with Gasteiger partial charge in [-0.1, -0.05) is 11.6 Å². The molecule has 1 fully saturated rings. The number of alkyl halides is 3. The molecule has 5 rings (SSSR count). The van der Waals surface area contributed by atoms with Crippen LogP contribution in [0, 0.1) is 6.92 Å². The van der Waals surface area contributed by atoms with Crippen molar-refractivity contribution in [2.24, 2.45) is 0 Å². The number of hydrogen-bond donors (Lipinski definition) is 0. The number of ether oxygens (including phenoxy) is 1. The molecular formula is C27H26ClF3N4O3S. The predicted molar refractivity (Wildman–Crippen MR) is 146 cm³/mol. The van der Waals surface area contributed by atoms with E-state index in [9.17, 15) is 22.8 Å². The molecule has 3 aromatic heterocycles. The van der Waals surface area contributed by atoms with Crippen molar-refractivity contribution in [2.75, 3.05) is 26.2 Å². The molecule has 0 bridgehead atoms. The summed E-state index contributed by atoms with van der Waals surface area (Å²) in [4.78, 5) is 32.5. The summed E-state index contributed by atoms with van der Waals surface area (Å²) in [5, 5.41) is 0.553. The molecule has 0 aliphatic carbocycles. The highest BCUT2D eigenvalue weighted by Gasteiger charge is 2.29. The number of benzene rings is 1. The van der Waals surface area contributed by atoms with Crippen molar-refractivity contribution in [1.29, 1.82) is 0 Å². The number of aryl methyl sites for hydroxylation is 1. The summed E-state index contributed by atoms with van der Waals surface area (Å²) in [7, 11) is 0. The van der Waals surface area contributed by atoms with Crippen molar-refractivity contribution in [1.82, 2.24) is 19.0 Å². The van der Waals surface area contributed by atoms with E-state index in [0.717, 1.165) is 63.6 Å². The molecule has 0 amide bonds. The molecule has 12 heteroatoms. The van der Waals surface area contributed by atoms with E-state index in [1.54, 1.807) is 12.3 Å². The lowest BCUT2D eigenvalue weighted by Gasteiger charge is -2.18. The molecule has 0 atom stereocenters. The van der Waals surface area contributed by atoms with E-state index in [4.69, 9.17) is 16.3 Å². The van der Waals surface area contributed by atoms with Crippen molar-refractivity contribution in [2.45, 2.75) is 39.0 Å². The molecule has 1 aliphatic rings. The van der Waals surface area contributed by atoms with Crippen molar-refractivity contribution in [3.05, 3.63) is 79.0 Å². The van der Waals surface area contributed by atoms with E-state index >= 15 is 0 Å². The van der Waals surface area contributed by atoms with E-state index in [1.807, 2.05) is 25.1 Å². The van der Waals surface area contributed by atoms with Crippen LogP contribution in [-0.2, 0) is 13.1 Å². The maximum atomic E-state index is 12.9. The molecule has 39 heavy (non-hydrogen) atoms. The molecule has 4 heterocycles. The summed E-state index contributed by atoms with van der Waals surface area (Å²) in [6.07, 6.45) is 0.333. The van der Waals surface area contributed by atoms with Gasteiger partial charge >= 0.3 is 11.9 Å². The zero-order valence-electron chi connectivity index (χ0n) is 21.1. The van der Waals surface area contributed by atoms with Crippen LogP contribution >= 0.6 is 22.9 Å². The van der Waals surface area contributed by atoms with Gasteiger partial charge in [0, 0.05) is 46.0 Å². The highest BCUT2D eigenvalue weighted by Crippen LogP contribution is 2.41. The van der Waals surface area contributed by atoms with Crippen LogP contribution in [0.15, 0.2) is 52.3 Å². The van der Waals surface area contributed by atoms with E-state index in [1.165, 1.54) is 24.2 Å². The van der Waals surface area contributed by atoms with Gasteiger partial charge < -0.3 is 4.74 Å². The van der Waals surface area contributed by atoms with Crippen LogP contribution in [0.1, 0.15) is 23.3 Å². The zero-order chi connectivity index (χ0) is 27.7. The second-order valence-corrected chi connectivity index (χ2v) is 11.1. The number of pyridine rings is 1. The molecule has 0 radical (unpaired) electrons. The Labute approximate surface area is 231 Å². The smallest absolute Gasteiger partial charge is 0.406 e. The number of nitrogens with zero attached hydrogens (tertiary/aromatic N) is 4. The summed E-state index contributed by atoms with van der Waals surface area (Å²) in [5.74, 6) is 0.718. The van der Waals surface area contributed by atoms with Gasteiger partial charge in [-0.05, 0) is 62.7 Å². The first kappa shape index (κ1) is 27.4. The minimum absolute atomic E-state index is 0.176. The first-order chi connectivity index (χ1) is 18.6. The van der Waals surface area contributed by atoms with Crippen molar-refractivity contribution in [3.63, 3.8) is 0 Å². The van der Waals surface area contributed by atoms with Crippen LogP contribution in [0.3, 0.4) is 0 Å². The quantitative estimate of drug-likeness (QED) is 0.283. The fourth-order valence-corrected chi connectivity index (χ4v) is 6.26. The third kappa shape index (κ3) is 6.21. The molecular weight excluding hydrogens is 553 g/mol. The minimum Gasteiger partial charge on any atom is -0.491 e. The monoisotopic (exact) mass is 578 g/mol. The summed E-state index contributed by atoms with van der Waals surface area (Å²) in [6, 6.07) is 8.24. The topological polar surface area (TPSA) is 69.4 Å². The lowest BCUT2D eigenvalue weighted by atomic mass is 10.0. The highest BCUT2D eigenvalue weighted by molar-refractivity contribution is 7.19. The Morgan fingerprint density at radius 2 is 1.87 bits per heavy atom. The Hall–Kier alpha value is -3.15. The number of rotatable bonds is 8. The summed E-state index contributed by atoms with van der Waals surface area (Å²) in [5.41, 5.74) is 1.45. The number of likely N-dealkylation sites (tertiary alicyclic amines) is 1. The molecule has 1 aromatic carbocycles. The third-order valence-electron chi connectivity index (χ3n) is 6.65. The van der Waals surface area contributed by atoms with Gasteiger partial charge in [0.15, 0.2) is 0 Å². The van der Waals surface area contributed by atoms with Gasteiger partial charge in [0.25, 0.3) is 5.56 Å². The highest BCUT2D eigenvalue weighted by atomic mass is 35.5. The first-order valence-electron chi connectivity index (χ1n) is 12.5. The van der Waals surface area contributed by atoms with Crippen LogP contribution in [0.2, 0.25) is 5.02 Å². The molecule has 1 aliphatic heterocycles.